The third-order valence-corrected chi connectivity index (χ3v) is 3.27. The fraction of sp³-hybridized carbons (Fsp3) is 0. The molecule has 0 amide bonds. The van der Waals surface area contributed by atoms with Gasteiger partial charge in [-0.15, -0.1) is 0 Å². The molecule has 3 rings (SSSR count). The van der Waals surface area contributed by atoms with Gasteiger partial charge in [0, 0.05) is 6.20 Å². The molecule has 0 aliphatic rings. The maximum absolute atomic E-state index is 11.0. The number of carboxylic acids is 1. The Labute approximate surface area is 118 Å². The number of phenols is 1. The fourth-order valence-electron chi connectivity index (χ4n) is 2.03. The van der Waals surface area contributed by atoms with E-state index in [1.165, 1.54) is 12.1 Å². The van der Waals surface area contributed by atoms with E-state index in [0.717, 1.165) is 0 Å². The Balaban J connectivity index is 2.29. The number of imidazole rings is 1. The molecule has 0 radical (unpaired) electrons. The number of aromatic nitrogens is 2. The molecule has 0 saturated carbocycles. The van der Waals surface area contributed by atoms with Crippen molar-refractivity contribution in [2.75, 3.05) is 0 Å². The fourth-order valence-corrected chi connectivity index (χ4v) is 2.26. The minimum absolute atomic E-state index is 0.0818. The molecule has 0 bridgehead atoms. The molecule has 0 unspecified atom stereocenters. The average molecular weight is 289 g/mol. The van der Waals surface area contributed by atoms with Gasteiger partial charge in [-0.3, -0.25) is 4.40 Å². The maximum atomic E-state index is 11.0. The lowest BCUT2D eigenvalue weighted by molar-refractivity contribution is 0.0697. The number of carbonyl (C=O) groups is 1. The summed E-state index contributed by atoms with van der Waals surface area (Å²) in [7, 11) is 0. The smallest absolute Gasteiger partial charge is 0.335 e. The summed E-state index contributed by atoms with van der Waals surface area (Å²) in [6, 6.07) is 9.65. The molecule has 2 aromatic heterocycles. The molecule has 5 nitrogen and oxygen atoms in total. The van der Waals surface area contributed by atoms with E-state index >= 15 is 0 Å². The number of carboxylic acid groups (broad SMARTS) is 1. The van der Waals surface area contributed by atoms with Crippen LogP contribution in [0.2, 0.25) is 5.15 Å². The molecule has 0 aliphatic carbocycles. The van der Waals surface area contributed by atoms with E-state index in [4.69, 9.17) is 16.7 Å². The second-order valence-corrected chi connectivity index (χ2v) is 4.58. The minimum atomic E-state index is -1.03. The normalized spacial score (nSPS) is 10.8. The van der Waals surface area contributed by atoms with Crippen molar-refractivity contribution in [3.8, 4) is 17.1 Å². The van der Waals surface area contributed by atoms with Crippen molar-refractivity contribution < 1.29 is 15.0 Å². The first-order valence-corrected chi connectivity index (χ1v) is 6.15. The molecule has 0 saturated heterocycles. The van der Waals surface area contributed by atoms with Crippen molar-refractivity contribution in [3.63, 3.8) is 0 Å². The van der Waals surface area contributed by atoms with Gasteiger partial charge >= 0.3 is 5.97 Å². The lowest BCUT2D eigenvalue weighted by Crippen LogP contribution is -1.98. The highest BCUT2D eigenvalue weighted by Crippen LogP contribution is 2.31. The number of phenolic OH excluding ortho intramolecular Hbond substituents is 1. The third-order valence-electron chi connectivity index (χ3n) is 2.99. The number of hydrogen-bond acceptors (Lipinski definition) is 3. The number of aromatic hydroxyl groups is 1. The summed E-state index contributed by atoms with van der Waals surface area (Å²) in [5, 5.41) is 19.1. The van der Waals surface area contributed by atoms with Gasteiger partial charge in [-0.05, 0) is 24.3 Å². The maximum Gasteiger partial charge on any atom is 0.335 e. The number of benzene rings is 1. The van der Waals surface area contributed by atoms with E-state index in [1.54, 1.807) is 34.9 Å². The Bertz CT molecular complexity index is 826. The molecule has 0 aliphatic heterocycles. The molecule has 3 aromatic rings. The van der Waals surface area contributed by atoms with Crippen LogP contribution in [0.1, 0.15) is 10.4 Å². The molecular weight excluding hydrogens is 280 g/mol. The molecule has 2 heterocycles. The molecule has 0 atom stereocenters. The van der Waals surface area contributed by atoms with Crippen LogP contribution in [0.3, 0.4) is 0 Å². The van der Waals surface area contributed by atoms with Crippen LogP contribution in [0.5, 0.6) is 5.75 Å². The zero-order valence-electron chi connectivity index (χ0n) is 10.1. The number of nitrogens with zero attached hydrogens (tertiary/aromatic N) is 2. The average Bonchev–Trinajstić information content (AvgIpc) is 2.76. The van der Waals surface area contributed by atoms with Crippen molar-refractivity contribution in [2.45, 2.75) is 0 Å². The quantitative estimate of drug-likeness (QED) is 0.760. The van der Waals surface area contributed by atoms with Crippen LogP contribution in [0.15, 0.2) is 42.6 Å². The van der Waals surface area contributed by atoms with Crippen LogP contribution in [0.25, 0.3) is 16.9 Å². The minimum Gasteiger partial charge on any atom is -0.507 e. The Morgan fingerprint density at radius 2 is 2.00 bits per heavy atom. The highest BCUT2D eigenvalue weighted by molar-refractivity contribution is 6.33. The second-order valence-electron chi connectivity index (χ2n) is 4.22. The van der Waals surface area contributed by atoms with Gasteiger partial charge in [-0.2, -0.15) is 0 Å². The first-order chi connectivity index (χ1) is 9.58. The summed E-state index contributed by atoms with van der Waals surface area (Å²) in [4.78, 5) is 15.2. The van der Waals surface area contributed by atoms with Crippen molar-refractivity contribution in [1.82, 2.24) is 9.38 Å². The largest absolute Gasteiger partial charge is 0.507 e. The lowest BCUT2D eigenvalue weighted by Gasteiger charge is -2.04. The van der Waals surface area contributed by atoms with E-state index in [2.05, 4.69) is 4.98 Å². The predicted octanol–water partition coefficient (Wildman–Crippen LogP) is 3.06. The van der Waals surface area contributed by atoms with Gasteiger partial charge in [0.05, 0.1) is 16.6 Å². The molecular formula is C14H9ClN2O3. The number of fused-ring (bicyclic) bond motifs is 1. The Morgan fingerprint density at radius 3 is 2.70 bits per heavy atom. The molecule has 100 valence electrons. The molecule has 20 heavy (non-hydrogen) atoms. The van der Waals surface area contributed by atoms with Gasteiger partial charge < -0.3 is 10.2 Å². The zero-order valence-corrected chi connectivity index (χ0v) is 10.9. The van der Waals surface area contributed by atoms with Crippen LogP contribution in [0, 0.1) is 0 Å². The van der Waals surface area contributed by atoms with Crippen LogP contribution in [-0.4, -0.2) is 25.6 Å². The molecule has 2 N–H and O–H groups in total. The Kier molecular flexibility index (Phi) is 2.84. The number of aromatic carboxylic acids is 1. The van der Waals surface area contributed by atoms with E-state index < -0.39 is 5.97 Å². The van der Waals surface area contributed by atoms with Gasteiger partial charge in [0.25, 0.3) is 0 Å². The molecule has 1 aromatic carbocycles. The van der Waals surface area contributed by atoms with Gasteiger partial charge in [-0.25, -0.2) is 9.78 Å². The Hall–Kier alpha value is -2.53. The number of hydrogen-bond donors (Lipinski definition) is 2. The van der Waals surface area contributed by atoms with Crippen molar-refractivity contribution >= 4 is 23.1 Å². The molecule has 0 fully saturated rings. The zero-order chi connectivity index (χ0) is 14.3. The predicted molar refractivity (Wildman–Crippen MR) is 74.3 cm³/mol. The number of rotatable bonds is 2. The van der Waals surface area contributed by atoms with Gasteiger partial charge in [0.1, 0.15) is 11.6 Å². The molecule has 6 heteroatoms. The van der Waals surface area contributed by atoms with E-state index in [1.807, 2.05) is 0 Å². The van der Waals surface area contributed by atoms with Crippen molar-refractivity contribution in [2.24, 2.45) is 0 Å². The second kappa shape index (κ2) is 4.54. The summed E-state index contributed by atoms with van der Waals surface area (Å²) in [6.07, 6.45) is 1.57. The molecule has 0 spiro atoms. The van der Waals surface area contributed by atoms with Gasteiger partial charge in [0.15, 0.2) is 5.15 Å². The number of halogens is 1. The van der Waals surface area contributed by atoms with Gasteiger partial charge in [-0.1, -0.05) is 23.7 Å². The lowest BCUT2D eigenvalue weighted by atomic mass is 10.2. The van der Waals surface area contributed by atoms with Crippen molar-refractivity contribution in [3.05, 3.63) is 53.3 Å². The monoisotopic (exact) mass is 288 g/mol. The summed E-state index contributed by atoms with van der Waals surface area (Å²) >= 11 is 6.05. The summed E-state index contributed by atoms with van der Waals surface area (Å²) in [6.45, 7) is 0. The van der Waals surface area contributed by atoms with Crippen molar-refractivity contribution in [1.29, 1.82) is 0 Å². The van der Waals surface area contributed by atoms with Crippen LogP contribution in [-0.2, 0) is 0 Å². The van der Waals surface area contributed by atoms with Crippen LogP contribution >= 0.6 is 11.6 Å². The van der Waals surface area contributed by atoms with E-state index in [9.17, 15) is 9.90 Å². The number of pyridine rings is 1. The third kappa shape index (κ3) is 1.88. The highest BCUT2D eigenvalue weighted by Gasteiger charge is 2.15. The highest BCUT2D eigenvalue weighted by atomic mass is 35.5. The van der Waals surface area contributed by atoms with Gasteiger partial charge in [0.2, 0.25) is 0 Å². The van der Waals surface area contributed by atoms with Crippen LogP contribution < -0.4 is 0 Å². The standard InChI is InChI=1S/C14H9ClN2O3/c15-12-10-7-8(14(19)20)5-6-17(10)13(16-12)9-3-1-2-4-11(9)18/h1-7,18H,(H,19,20). The SMILES string of the molecule is O=C(O)c1ccn2c(-c3ccccc3O)nc(Cl)c2c1. The summed E-state index contributed by atoms with van der Waals surface area (Å²) in [5.74, 6) is -0.493. The topological polar surface area (TPSA) is 74.8 Å². The summed E-state index contributed by atoms with van der Waals surface area (Å²) in [5.41, 5.74) is 1.13. The van der Waals surface area contributed by atoms with E-state index in [0.29, 0.717) is 16.9 Å². The Morgan fingerprint density at radius 1 is 1.25 bits per heavy atom. The van der Waals surface area contributed by atoms with Crippen LogP contribution in [0.4, 0.5) is 0 Å². The summed E-state index contributed by atoms with van der Waals surface area (Å²) < 4.78 is 1.64. The number of para-hydroxylation sites is 1. The first-order valence-electron chi connectivity index (χ1n) is 5.77. The van der Waals surface area contributed by atoms with E-state index in [-0.39, 0.29) is 16.5 Å². The first kappa shape index (κ1) is 12.5.